The number of nitrogens with zero attached hydrogens (tertiary/aromatic N) is 1. The summed E-state index contributed by atoms with van der Waals surface area (Å²) in [7, 11) is -0.739. The van der Waals surface area contributed by atoms with E-state index in [-0.39, 0.29) is 12.6 Å². The predicted molar refractivity (Wildman–Crippen MR) is 114 cm³/mol. The first kappa shape index (κ1) is 22.5. The number of nitrogens with one attached hydrogen (secondary N) is 1. The van der Waals surface area contributed by atoms with Gasteiger partial charge in [0.15, 0.2) is 11.5 Å². The highest BCUT2D eigenvalue weighted by Gasteiger charge is 2.23. The molecule has 2 aromatic rings. The standard InChI is InChI=1S/C21H28N2O5S/c1-14-7-9-18(15(2)11-14)16(3)22-21(24)13-23(29(6,25)26)17-8-10-19(27-4)20(12-17)28-5/h7-12,16H,13H2,1-6H3,(H,22,24)/t16-/m1/s1. The van der Waals surface area contributed by atoms with Crippen LogP contribution in [0, 0.1) is 13.8 Å². The third kappa shape index (κ3) is 5.63. The molecule has 2 rings (SSSR count). The van der Waals surface area contributed by atoms with E-state index in [1.165, 1.54) is 20.3 Å². The van der Waals surface area contributed by atoms with Crippen LogP contribution < -0.4 is 19.1 Å². The van der Waals surface area contributed by atoms with Crippen molar-refractivity contribution >= 4 is 21.6 Å². The largest absolute Gasteiger partial charge is 0.493 e. The number of hydrogen-bond acceptors (Lipinski definition) is 5. The van der Waals surface area contributed by atoms with Gasteiger partial charge in [0, 0.05) is 6.07 Å². The minimum Gasteiger partial charge on any atom is -0.493 e. The molecule has 8 heteroatoms. The number of aryl methyl sites for hydroxylation is 2. The summed E-state index contributed by atoms with van der Waals surface area (Å²) in [6.45, 7) is 5.52. The number of methoxy groups -OCH3 is 2. The molecule has 0 aromatic heterocycles. The van der Waals surface area contributed by atoms with Crippen molar-refractivity contribution in [3.8, 4) is 11.5 Å². The van der Waals surface area contributed by atoms with Crippen molar-refractivity contribution in [3.63, 3.8) is 0 Å². The second kappa shape index (κ2) is 9.17. The Morgan fingerprint density at radius 3 is 2.28 bits per heavy atom. The van der Waals surface area contributed by atoms with Crippen LogP contribution in [-0.2, 0) is 14.8 Å². The summed E-state index contributed by atoms with van der Waals surface area (Å²) >= 11 is 0. The predicted octanol–water partition coefficient (Wildman–Crippen LogP) is 2.96. The van der Waals surface area contributed by atoms with E-state index in [0.717, 1.165) is 27.3 Å². The van der Waals surface area contributed by atoms with Gasteiger partial charge in [0.1, 0.15) is 6.54 Å². The van der Waals surface area contributed by atoms with Crippen LogP contribution in [0.5, 0.6) is 11.5 Å². The number of amides is 1. The molecule has 1 atom stereocenters. The minimum absolute atomic E-state index is 0.255. The maximum Gasteiger partial charge on any atom is 0.241 e. The molecule has 0 heterocycles. The fourth-order valence-electron chi connectivity index (χ4n) is 3.19. The van der Waals surface area contributed by atoms with Crippen molar-refractivity contribution in [1.29, 1.82) is 0 Å². The van der Waals surface area contributed by atoms with Crippen molar-refractivity contribution in [2.75, 3.05) is 31.3 Å². The maximum atomic E-state index is 12.6. The van der Waals surface area contributed by atoms with Gasteiger partial charge in [-0.2, -0.15) is 0 Å². The molecule has 29 heavy (non-hydrogen) atoms. The summed E-state index contributed by atoms with van der Waals surface area (Å²) in [4.78, 5) is 12.6. The average Bonchev–Trinajstić information content (AvgIpc) is 2.64. The Balaban J connectivity index is 2.23. The molecule has 0 radical (unpaired) electrons. The van der Waals surface area contributed by atoms with Gasteiger partial charge in [0.05, 0.1) is 32.2 Å². The number of rotatable bonds is 8. The number of benzene rings is 2. The summed E-state index contributed by atoms with van der Waals surface area (Å²) < 4.78 is 36.2. The first-order valence-electron chi connectivity index (χ1n) is 9.13. The summed E-state index contributed by atoms with van der Waals surface area (Å²) in [5, 5.41) is 2.88. The minimum atomic E-state index is -3.70. The molecular weight excluding hydrogens is 392 g/mol. The fourth-order valence-corrected chi connectivity index (χ4v) is 4.04. The lowest BCUT2D eigenvalue weighted by molar-refractivity contribution is -0.120. The van der Waals surface area contributed by atoms with E-state index in [4.69, 9.17) is 9.47 Å². The number of anilines is 1. The van der Waals surface area contributed by atoms with Crippen molar-refractivity contribution in [1.82, 2.24) is 5.32 Å². The van der Waals surface area contributed by atoms with Gasteiger partial charge in [-0.05, 0) is 44.0 Å². The maximum absolute atomic E-state index is 12.6. The quantitative estimate of drug-likeness (QED) is 0.710. The number of hydrogen-bond donors (Lipinski definition) is 1. The van der Waals surface area contributed by atoms with E-state index in [1.807, 2.05) is 39.0 Å². The van der Waals surface area contributed by atoms with E-state index in [1.54, 1.807) is 12.1 Å². The van der Waals surface area contributed by atoms with Crippen molar-refractivity contribution < 1.29 is 22.7 Å². The zero-order valence-electron chi connectivity index (χ0n) is 17.6. The molecule has 0 bridgehead atoms. The van der Waals surface area contributed by atoms with E-state index < -0.39 is 15.9 Å². The third-order valence-electron chi connectivity index (χ3n) is 4.61. The van der Waals surface area contributed by atoms with Gasteiger partial charge in [-0.15, -0.1) is 0 Å². The molecule has 1 amide bonds. The van der Waals surface area contributed by atoms with Crippen LogP contribution in [-0.4, -0.2) is 41.3 Å². The third-order valence-corrected chi connectivity index (χ3v) is 5.75. The topological polar surface area (TPSA) is 84.9 Å². The molecule has 0 fully saturated rings. The molecular formula is C21H28N2O5S. The van der Waals surface area contributed by atoms with Crippen molar-refractivity contribution in [2.45, 2.75) is 26.8 Å². The Labute approximate surface area is 172 Å². The summed E-state index contributed by atoms with van der Waals surface area (Å²) in [6, 6.07) is 10.4. The molecule has 1 N–H and O–H groups in total. The Bertz CT molecular complexity index is 989. The van der Waals surface area contributed by atoms with Crippen LogP contribution >= 0.6 is 0 Å². The zero-order valence-corrected chi connectivity index (χ0v) is 18.5. The molecule has 0 aliphatic heterocycles. The molecule has 2 aromatic carbocycles. The lowest BCUT2D eigenvalue weighted by atomic mass is 10.0. The molecule has 0 saturated carbocycles. The Morgan fingerprint density at radius 2 is 1.72 bits per heavy atom. The van der Waals surface area contributed by atoms with Crippen molar-refractivity contribution in [2.24, 2.45) is 0 Å². The molecule has 0 unspecified atom stereocenters. The fraction of sp³-hybridized carbons (Fsp3) is 0.381. The Morgan fingerprint density at radius 1 is 1.07 bits per heavy atom. The van der Waals surface area contributed by atoms with E-state index in [2.05, 4.69) is 5.32 Å². The second-order valence-corrected chi connectivity index (χ2v) is 8.86. The lowest BCUT2D eigenvalue weighted by Crippen LogP contribution is -2.41. The summed E-state index contributed by atoms with van der Waals surface area (Å²) in [5.41, 5.74) is 3.51. The normalized spacial score (nSPS) is 12.2. The zero-order chi connectivity index (χ0) is 21.8. The number of carbonyl (C=O) groups excluding carboxylic acids is 1. The van der Waals surface area contributed by atoms with E-state index in [0.29, 0.717) is 17.2 Å². The Hall–Kier alpha value is -2.74. The smallest absolute Gasteiger partial charge is 0.241 e. The first-order valence-corrected chi connectivity index (χ1v) is 11.0. The highest BCUT2D eigenvalue weighted by Crippen LogP contribution is 2.32. The first-order chi connectivity index (χ1) is 13.6. The Kier molecular flexibility index (Phi) is 7.13. The molecule has 0 aliphatic carbocycles. The molecule has 7 nitrogen and oxygen atoms in total. The van der Waals surface area contributed by atoms with Gasteiger partial charge < -0.3 is 14.8 Å². The summed E-state index contributed by atoms with van der Waals surface area (Å²) in [6.07, 6.45) is 1.06. The van der Waals surface area contributed by atoms with Gasteiger partial charge in [-0.1, -0.05) is 23.8 Å². The highest BCUT2D eigenvalue weighted by atomic mass is 32.2. The van der Waals surface area contributed by atoms with E-state index >= 15 is 0 Å². The van der Waals surface area contributed by atoms with Gasteiger partial charge in [-0.25, -0.2) is 8.42 Å². The molecule has 158 valence electrons. The lowest BCUT2D eigenvalue weighted by Gasteiger charge is -2.24. The molecule has 0 spiro atoms. The van der Waals surface area contributed by atoms with Crippen molar-refractivity contribution in [3.05, 3.63) is 53.1 Å². The van der Waals surface area contributed by atoms with Crippen LogP contribution in [0.15, 0.2) is 36.4 Å². The van der Waals surface area contributed by atoms with Gasteiger partial charge in [0.25, 0.3) is 0 Å². The number of ether oxygens (including phenoxy) is 2. The summed E-state index contributed by atoms with van der Waals surface area (Å²) in [5.74, 6) is 0.443. The van der Waals surface area contributed by atoms with Crippen LogP contribution in [0.3, 0.4) is 0 Å². The van der Waals surface area contributed by atoms with Gasteiger partial charge in [-0.3, -0.25) is 9.10 Å². The average molecular weight is 421 g/mol. The van der Waals surface area contributed by atoms with Gasteiger partial charge in [0.2, 0.25) is 15.9 Å². The van der Waals surface area contributed by atoms with Crippen LogP contribution in [0.4, 0.5) is 5.69 Å². The number of sulfonamides is 1. The second-order valence-electron chi connectivity index (χ2n) is 6.96. The highest BCUT2D eigenvalue weighted by molar-refractivity contribution is 7.92. The van der Waals surface area contributed by atoms with Crippen LogP contribution in [0.1, 0.15) is 29.7 Å². The number of carbonyl (C=O) groups is 1. The molecule has 0 saturated heterocycles. The molecule has 0 aliphatic rings. The van der Waals surface area contributed by atoms with Crippen LogP contribution in [0.25, 0.3) is 0 Å². The van der Waals surface area contributed by atoms with Crippen LogP contribution in [0.2, 0.25) is 0 Å². The van der Waals surface area contributed by atoms with E-state index in [9.17, 15) is 13.2 Å². The SMILES string of the molecule is COc1ccc(N(CC(=O)N[C@H](C)c2ccc(C)cc2C)S(C)(=O)=O)cc1OC. The van der Waals surface area contributed by atoms with Gasteiger partial charge >= 0.3 is 0 Å². The monoisotopic (exact) mass is 420 g/mol.